The minimum Gasteiger partial charge on any atom is -0.478 e. The fourth-order valence-corrected chi connectivity index (χ4v) is 1.76. The number of hydrogen-bond acceptors (Lipinski definition) is 4. The third-order valence-corrected chi connectivity index (χ3v) is 3.08. The number of carboxylic acid groups (broad SMARTS) is 1. The van der Waals surface area contributed by atoms with Crippen LogP contribution >= 0.6 is 27.5 Å². The molecule has 0 fully saturated rings. The number of aromatic carboxylic acids is 1. The summed E-state index contributed by atoms with van der Waals surface area (Å²) in [5.41, 5.74) is -0.526. The predicted molar refractivity (Wildman–Crippen MR) is 71.0 cm³/mol. The number of carbonyl (C=O) groups is 1. The maximum Gasteiger partial charge on any atom is 0.339 e. The number of nitrogens with one attached hydrogen (secondary N) is 1. The predicted octanol–water partition coefficient (Wildman–Crippen LogP) is 2.68. The van der Waals surface area contributed by atoms with Gasteiger partial charge in [0, 0.05) is 11.1 Å². The highest BCUT2D eigenvalue weighted by Crippen LogP contribution is 2.29. The lowest BCUT2D eigenvalue weighted by Gasteiger charge is -2.08. The molecular formula is C11H6BrClN2O4. The van der Waals surface area contributed by atoms with Gasteiger partial charge >= 0.3 is 5.97 Å². The Bertz CT molecular complexity index is 701. The third kappa shape index (κ3) is 2.94. The second kappa shape index (κ2) is 5.41. The molecule has 19 heavy (non-hydrogen) atoms. The normalized spacial score (nSPS) is 10.2. The SMILES string of the molecule is O=C(O)c1ccc(Cl)cc1Oc1nc[nH]c(=O)c1Br. The summed E-state index contributed by atoms with van der Waals surface area (Å²) >= 11 is 8.79. The molecule has 0 radical (unpaired) electrons. The van der Waals surface area contributed by atoms with Crippen LogP contribution in [0.3, 0.4) is 0 Å². The van der Waals surface area contributed by atoms with Crippen molar-refractivity contribution in [1.29, 1.82) is 0 Å². The molecule has 98 valence electrons. The van der Waals surface area contributed by atoms with Gasteiger partial charge in [0.2, 0.25) is 5.88 Å². The van der Waals surface area contributed by atoms with Crippen LogP contribution in [0.4, 0.5) is 0 Å². The number of aromatic amines is 1. The van der Waals surface area contributed by atoms with E-state index in [1.807, 2.05) is 0 Å². The van der Waals surface area contributed by atoms with Crippen molar-refractivity contribution in [3.05, 3.63) is 49.9 Å². The van der Waals surface area contributed by atoms with E-state index in [2.05, 4.69) is 25.9 Å². The van der Waals surface area contributed by atoms with Crippen LogP contribution in [0.1, 0.15) is 10.4 Å². The standard InChI is InChI=1S/C11H6BrClN2O4/c12-8-9(16)14-4-15-10(8)19-7-3-5(13)1-2-6(7)11(17)18/h1-4H,(H,17,18)(H,14,15,16). The van der Waals surface area contributed by atoms with E-state index in [-0.39, 0.29) is 21.7 Å². The Balaban J connectivity index is 2.48. The lowest BCUT2D eigenvalue weighted by atomic mass is 10.2. The topological polar surface area (TPSA) is 92.3 Å². The zero-order chi connectivity index (χ0) is 14.0. The average Bonchev–Trinajstić information content (AvgIpc) is 2.35. The quantitative estimate of drug-likeness (QED) is 0.892. The van der Waals surface area contributed by atoms with Gasteiger partial charge in [0.15, 0.2) is 0 Å². The van der Waals surface area contributed by atoms with Crippen molar-refractivity contribution in [1.82, 2.24) is 9.97 Å². The highest BCUT2D eigenvalue weighted by molar-refractivity contribution is 9.10. The van der Waals surface area contributed by atoms with Crippen LogP contribution in [0.25, 0.3) is 0 Å². The average molecular weight is 346 g/mol. The number of halogens is 2. The maximum atomic E-state index is 11.4. The van der Waals surface area contributed by atoms with E-state index in [9.17, 15) is 9.59 Å². The highest BCUT2D eigenvalue weighted by Gasteiger charge is 2.15. The van der Waals surface area contributed by atoms with E-state index in [1.54, 1.807) is 0 Å². The molecule has 0 saturated heterocycles. The van der Waals surface area contributed by atoms with Crippen LogP contribution in [0, 0.1) is 0 Å². The number of nitrogens with zero attached hydrogens (tertiary/aromatic N) is 1. The summed E-state index contributed by atoms with van der Waals surface area (Å²) in [5.74, 6) is -1.22. The number of carboxylic acids is 1. The molecule has 0 aliphatic heterocycles. The van der Waals surface area contributed by atoms with E-state index in [1.165, 1.54) is 18.2 Å². The molecule has 0 amide bonds. The molecule has 0 spiro atoms. The molecule has 0 unspecified atom stereocenters. The van der Waals surface area contributed by atoms with E-state index < -0.39 is 11.5 Å². The summed E-state index contributed by atoms with van der Waals surface area (Å²) in [6.45, 7) is 0. The largest absolute Gasteiger partial charge is 0.478 e. The van der Waals surface area contributed by atoms with Gasteiger partial charge < -0.3 is 14.8 Å². The molecule has 2 N–H and O–H groups in total. The van der Waals surface area contributed by atoms with Crippen molar-refractivity contribution in [2.75, 3.05) is 0 Å². The highest BCUT2D eigenvalue weighted by atomic mass is 79.9. The first-order chi connectivity index (χ1) is 8.99. The maximum absolute atomic E-state index is 11.4. The van der Waals surface area contributed by atoms with Gasteiger partial charge in [-0.1, -0.05) is 11.6 Å². The molecule has 8 heteroatoms. The number of rotatable bonds is 3. The van der Waals surface area contributed by atoms with E-state index in [0.717, 1.165) is 6.33 Å². The fraction of sp³-hybridized carbons (Fsp3) is 0. The van der Waals surface area contributed by atoms with Crippen molar-refractivity contribution in [3.8, 4) is 11.6 Å². The number of aromatic nitrogens is 2. The van der Waals surface area contributed by atoms with Crippen molar-refractivity contribution < 1.29 is 14.6 Å². The van der Waals surface area contributed by atoms with Gasteiger partial charge in [0.05, 0.1) is 6.33 Å². The van der Waals surface area contributed by atoms with Crippen molar-refractivity contribution in [3.63, 3.8) is 0 Å². The molecular weight excluding hydrogens is 339 g/mol. The van der Waals surface area contributed by atoms with E-state index in [4.69, 9.17) is 21.4 Å². The van der Waals surface area contributed by atoms with Gasteiger partial charge in [-0.15, -0.1) is 0 Å². The molecule has 2 rings (SSSR count). The summed E-state index contributed by atoms with van der Waals surface area (Å²) in [4.78, 5) is 28.5. The second-order valence-corrected chi connectivity index (χ2v) is 4.63. The minimum atomic E-state index is -1.17. The molecule has 0 aliphatic carbocycles. The molecule has 0 atom stereocenters. The Labute approximate surface area is 120 Å². The van der Waals surface area contributed by atoms with Gasteiger partial charge in [-0.3, -0.25) is 4.79 Å². The Morgan fingerprint density at radius 1 is 1.47 bits per heavy atom. The monoisotopic (exact) mass is 344 g/mol. The first kappa shape index (κ1) is 13.6. The molecule has 1 aromatic carbocycles. The minimum absolute atomic E-state index is 0.00111. The van der Waals surface area contributed by atoms with E-state index in [0.29, 0.717) is 5.02 Å². The first-order valence-electron chi connectivity index (χ1n) is 4.93. The smallest absolute Gasteiger partial charge is 0.339 e. The van der Waals surface area contributed by atoms with Gasteiger partial charge in [0.25, 0.3) is 5.56 Å². The van der Waals surface area contributed by atoms with Crippen LogP contribution in [-0.2, 0) is 0 Å². The van der Waals surface area contributed by atoms with Gasteiger partial charge in [0.1, 0.15) is 15.8 Å². The zero-order valence-electron chi connectivity index (χ0n) is 9.18. The summed E-state index contributed by atoms with van der Waals surface area (Å²) in [6, 6.07) is 4.07. The first-order valence-corrected chi connectivity index (χ1v) is 6.10. The third-order valence-electron chi connectivity index (χ3n) is 2.15. The molecule has 0 bridgehead atoms. The Morgan fingerprint density at radius 2 is 2.21 bits per heavy atom. The fourth-order valence-electron chi connectivity index (χ4n) is 1.30. The molecule has 0 saturated carbocycles. The molecule has 6 nitrogen and oxygen atoms in total. The van der Waals surface area contributed by atoms with Crippen molar-refractivity contribution in [2.24, 2.45) is 0 Å². The number of benzene rings is 1. The Morgan fingerprint density at radius 3 is 2.89 bits per heavy atom. The van der Waals surface area contributed by atoms with Gasteiger partial charge in [-0.05, 0) is 28.1 Å². The Kier molecular flexibility index (Phi) is 3.87. The zero-order valence-corrected chi connectivity index (χ0v) is 11.5. The molecule has 2 aromatic rings. The van der Waals surface area contributed by atoms with Crippen LogP contribution in [-0.4, -0.2) is 21.0 Å². The van der Waals surface area contributed by atoms with Gasteiger partial charge in [-0.25, -0.2) is 9.78 Å². The lowest BCUT2D eigenvalue weighted by Crippen LogP contribution is -2.09. The summed E-state index contributed by atoms with van der Waals surface area (Å²) < 4.78 is 5.38. The molecule has 1 heterocycles. The van der Waals surface area contributed by atoms with Crippen molar-refractivity contribution >= 4 is 33.5 Å². The summed E-state index contributed by atoms with van der Waals surface area (Å²) in [6.07, 6.45) is 1.15. The van der Waals surface area contributed by atoms with E-state index >= 15 is 0 Å². The van der Waals surface area contributed by atoms with Crippen LogP contribution < -0.4 is 10.3 Å². The summed E-state index contributed by atoms with van der Waals surface area (Å²) in [5, 5.41) is 9.34. The molecule has 0 aliphatic rings. The van der Waals surface area contributed by atoms with Crippen LogP contribution in [0.15, 0.2) is 33.8 Å². The van der Waals surface area contributed by atoms with Crippen LogP contribution in [0.5, 0.6) is 11.6 Å². The molecule has 1 aromatic heterocycles. The number of ether oxygens (including phenoxy) is 1. The van der Waals surface area contributed by atoms with Crippen molar-refractivity contribution in [2.45, 2.75) is 0 Å². The van der Waals surface area contributed by atoms with Gasteiger partial charge in [-0.2, -0.15) is 0 Å². The lowest BCUT2D eigenvalue weighted by molar-refractivity contribution is 0.0694. The summed E-state index contributed by atoms with van der Waals surface area (Å²) in [7, 11) is 0. The Hall–Kier alpha value is -1.86. The second-order valence-electron chi connectivity index (χ2n) is 3.40. The number of hydrogen-bond donors (Lipinski definition) is 2. The number of H-pyrrole nitrogens is 1. The van der Waals surface area contributed by atoms with Crippen LogP contribution in [0.2, 0.25) is 5.02 Å².